The van der Waals surface area contributed by atoms with Crippen LogP contribution in [0, 0.1) is 6.92 Å². The number of aldehydes is 1. The van der Waals surface area contributed by atoms with Gasteiger partial charge in [-0.2, -0.15) is 0 Å². The number of nitrogens with zero attached hydrogens (tertiary/aromatic N) is 1. The van der Waals surface area contributed by atoms with Crippen molar-refractivity contribution in [3.63, 3.8) is 0 Å². The average Bonchev–Trinajstić information content (AvgIpc) is 2.86. The van der Waals surface area contributed by atoms with Crippen molar-refractivity contribution in [2.24, 2.45) is 0 Å². The summed E-state index contributed by atoms with van der Waals surface area (Å²) in [6, 6.07) is 3.66. The van der Waals surface area contributed by atoms with Gasteiger partial charge in [0.25, 0.3) is 0 Å². The second-order valence-corrected chi connectivity index (χ2v) is 3.76. The third-order valence-corrected chi connectivity index (χ3v) is 2.82. The van der Waals surface area contributed by atoms with Crippen molar-refractivity contribution < 1.29 is 14.3 Å². The molecule has 0 fully saturated rings. The van der Waals surface area contributed by atoms with Gasteiger partial charge in [-0.25, -0.2) is 4.98 Å². The molecule has 0 aliphatic heterocycles. The van der Waals surface area contributed by atoms with E-state index in [2.05, 4.69) is 9.97 Å². The van der Waals surface area contributed by atoms with E-state index < -0.39 is 0 Å². The molecule has 0 radical (unpaired) electrons. The van der Waals surface area contributed by atoms with Gasteiger partial charge in [0.05, 0.1) is 20.5 Å². The summed E-state index contributed by atoms with van der Waals surface area (Å²) in [5.74, 6) is 1.39. The van der Waals surface area contributed by atoms with E-state index in [4.69, 9.17) is 9.47 Å². The average molecular weight is 246 g/mol. The second kappa shape index (κ2) is 4.91. The molecule has 0 saturated heterocycles. The molecule has 1 heterocycles. The van der Waals surface area contributed by atoms with Crippen molar-refractivity contribution >= 4 is 6.29 Å². The molecule has 1 aromatic heterocycles. The monoisotopic (exact) mass is 246 g/mol. The van der Waals surface area contributed by atoms with E-state index in [1.807, 2.05) is 19.1 Å². The minimum atomic E-state index is 0.429. The highest BCUT2D eigenvalue weighted by Crippen LogP contribution is 2.37. The van der Waals surface area contributed by atoms with Gasteiger partial charge in [-0.3, -0.25) is 4.79 Å². The Morgan fingerprint density at radius 1 is 1.28 bits per heavy atom. The highest BCUT2D eigenvalue weighted by Gasteiger charge is 2.16. The van der Waals surface area contributed by atoms with Crippen LogP contribution in [0.4, 0.5) is 0 Å². The van der Waals surface area contributed by atoms with Crippen LogP contribution in [0.5, 0.6) is 11.5 Å². The molecule has 94 valence electrons. The minimum Gasteiger partial charge on any atom is -0.496 e. The Bertz CT molecular complexity index is 576. The Morgan fingerprint density at radius 3 is 2.67 bits per heavy atom. The summed E-state index contributed by atoms with van der Waals surface area (Å²) in [6.45, 7) is 1.90. The molecule has 0 bridgehead atoms. The Labute approximate surface area is 105 Å². The number of nitrogens with one attached hydrogen (secondary N) is 1. The van der Waals surface area contributed by atoms with Gasteiger partial charge in [-0.15, -0.1) is 0 Å². The molecule has 0 amide bonds. The first kappa shape index (κ1) is 12.2. The van der Waals surface area contributed by atoms with Crippen molar-refractivity contribution in [2.75, 3.05) is 14.2 Å². The Hall–Kier alpha value is -2.30. The number of aromatic nitrogens is 2. The highest BCUT2D eigenvalue weighted by molar-refractivity contribution is 5.86. The van der Waals surface area contributed by atoms with Crippen LogP contribution in [0.25, 0.3) is 11.3 Å². The number of hydrogen-bond acceptors (Lipinski definition) is 4. The number of H-pyrrole nitrogens is 1. The van der Waals surface area contributed by atoms with Crippen LogP contribution in [0.15, 0.2) is 18.5 Å². The summed E-state index contributed by atoms with van der Waals surface area (Å²) in [6.07, 6.45) is 2.22. The first-order valence-corrected chi connectivity index (χ1v) is 5.43. The quantitative estimate of drug-likeness (QED) is 0.840. The molecular formula is C13H14N2O3. The molecule has 0 aliphatic carbocycles. The third-order valence-electron chi connectivity index (χ3n) is 2.82. The number of methoxy groups -OCH3 is 2. The molecule has 1 N–H and O–H groups in total. The number of carbonyl (C=O) groups excluding carboxylic acids is 1. The van der Waals surface area contributed by atoms with Gasteiger partial charge in [0.15, 0.2) is 6.29 Å². The predicted molar refractivity (Wildman–Crippen MR) is 67.3 cm³/mol. The molecule has 5 nitrogen and oxygen atoms in total. The van der Waals surface area contributed by atoms with Gasteiger partial charge in [-0.05, 0) is 19.1 Å². The predicted octanol–water partition coefficient (Wildman–Crippen LogP) is 2.21. The van der Waals surface area contributed by atoms with E-state index in [1.165, 1.54) is 6.33 Å². The largest absolute Gasteiger partial charge is 0.496 e. The summed E-state index contributed by atoms with van der Waals surface area (Å²) in [7, 11) is 3.19. The van der Waals surface area contributed by atoms with E-state index in [-0.39, 0.29) is 0 Å². The Balaban J connectivity index is 2.65. The summed E-state index contributed by atoms with van der Waals surface area (Å²) in [4.78, 5) is 17.9. The number of rotatable bonds is 4. The molecule has 0 atom stereocenters. The molecule has 5 heteroatoms. The smallest absolute Gasteiger partial charge is 0.168 e. The summed E-state index contributed by atoms with van der Waals surface area (Å²) >= 11 is 0. The molecule has 0 saturated carbocycles. The zero-order valence-corrected chi connectivity index (χ0v) is 10.5. The zero-order chi connectivity index (χ0) is 13.1. The van der Waals surface area contributed by atoms with Crippen LogP contribution in [0.2, 0.25) is 0 Å². The fraction of sp³-hybridized carbons (Fsp3) is 0.231. The maximum absolute atomic E-state index is 10.9. The summed E-state index contributed by atoms with van der Waals surface area (Å²) in [5, 5.41) is 0. The maximum atomic E-state index is 10.9. The third kappa shape index (κ3) is 1.84. The van der Waals surface area contributed by atoms with Crippen LogP contribution >= 0.6 is 0 Å². The minimum absolute atomic E-state index is 0.429. The molecular weight excluding hydrogens is 232 g/mol. The van der Waals surface area contributed by atoms with Gasteiger partial charge in [0, 0.05) is 11.1 Å². The van der Waals surface area contributed by atoms with Gasteiger partial charge in [0.2, 0.25) is 0 Å². The first-order chi connectivity index (χ1) is 8.72. The van der Waals surface area contributed by atoms with Gasteiger partial charge in [0.1, 0.15) is 22.9 Å². The highest BCUT2D eigenvalue weighted by atomic mass is 16.5. The number of ether oxygens (including phenoxy) is 2. The number of aromatic amines is 1. The Kier molecular flexibility index (Phi) is 3.32. The molecule has 0 aliphatic rings. The maximum Gasteiger partial charge on any atom is 0.168 e. The second-order valence-electron chi connectivity index (χ2n) is 3.76. The van der Waals surface area contributed by atoms with E-state index in [9.17, 15) is 4.79 Å². The summed E-state index contributed by atoms with van der Waals surface area (Å²) < 4.78 is 10.6. The number of imidazole rings is 1. The van der Waals surface area contributed by atoms with Gasteiger partial charge in [-0.1, -0.05) is 0 Å². The standard InChI is InChI=1S/C13H14N2O3/c1-8-11(17-2)5-4-9(13(8)18-3)12-10(6-16)14-7-15-12/h4-7H,1-3H3,(H,14,15). The molecule has 2 rings (SSSR count). The molecule has 18 heavy (non-hydrogen) atoms. The van der Waals surface area contributed by atoms with Crippen LogP contribution in [-0.4, -0.2) is 30.5 Å². The number of carbonyl (C=O) groups is 1. The Morgan fingerprint density at radius 2 is 2.06 bits per heavy atom. The zero-order valence-electron chi connectivity index (χ0n) is 10.5. The van der Waals surface area contributed by atoms with Crippen molar-refractivity contribution in [3.8, 4) is 22.8 Å². The van der Waals surface area contributed by atoms with Crippen molar-refractivity contribution in [1.82, 2.24) is 9.97 Å². The molecule has 0 unspecified atom stereocenters. The number of benzene rings is 1. The SMILES string of the molecule is COc1ccc(-c2nc[nH]c2C=O)c(OC)c1C. The molecule has 2 aromatic rings. The fourth-order valence-electron chi connectivity index (χ4n) is 1.95. The van der Waals surface area contributed by atoms with Crippen molar-refractivity contribution in [2.45, 2.75) is 6.92 Å². The van der Waals surface area contributed by atoms with Crippen molar-refractivity contribution in [3.05, 3.63) is 29.7 Å². The first-order valence-electron chi connectivity index (χ1n) is 5.43. The molecule has 0 spiro atoms. The van der Waals surface area contributed by atoms with Crippen LogP contribution in [-0.2, 0) is 0 Å². The normalized spacial score (nSPS) is 10.2. The van der Waals surface area contributed by atoms with E-state index in [0.717, 1.165) is 23.2 Å². The van der Waals surface area contributed by atoms with Crippen LogP contribution < -0.4 is 9.47 Å². The fourth-order valence-corrected chi connectivity index (χ4v) is 1.95. The topological polar surface area (TPSA) is 64.2 Å². The van der Waals surface area contributed by atoms with Crippen LogP contribution in [0.3, 0.4) is 0 Å². The van der Waals surface area contributed by atoms with Gasteiger partial charge < -0.3 is 14.5 Å². The lowest BCUT2D eigenvalue weighted by atomic mass is 10.0. The van der Waals surface area contributed by atoms with E-state index in [1.54, 1.807) is 14.2 Å². The lowest BCUT2D eigenvalue weighted by molar-refractivity contribution is 0.112. The van der Waals surface area contributed by atoms with E-state index in [0.29, 0.717) is 17.1 Å². The van der Waals surface area contributed by atoms with E-state index >= 15 is 0 Å². The van der Waals surface area contributed by atoms with Crippen molar-refractivity contribution in [1.29, 1.82) is 0 Å². The lowest BCUT2D eigenvalue weighted by Crippen LogP contribution is -1.96. The van der Waals surface area contributed by atoms with Crippen LogP contribution in [0.1, 0.15) is 16.1 Å². The lowest BCUT2D eigenvalue weighted by Gasteiger charge is -2.13. The molecule has 1 aromatic carbocycles. The van der Waals surface area contributed by atoms with Gasteiger partial charge >= 0.3 is 0 Å². The number of hydrogen-bond donors (Lipinski definition) is 1. The summed E-state index contributed by atoms with van der Waals surface area (Å²) in [5.41, 5.74) is 2.64.